The topological polar surface area (TPSA) is 29.1 Å². The molecular formula is C14H10BrClFNO. The summed E-state index contributed by atoms with van der Waals surface area (Å²) in [6, 6.07) is 9.38. The van der Waals surface area contributed by atoms with Crippen molar-refractivity contribution in [1.29, 1.82) is 0 Å². The van der Waals surface area contributed by atoms with Gasteiger partial charge in [-0.2, -0.15) is 0 Å². The zero-order valence-corrected chi connectivity index (χ0v) is 12.3. The summed E-state index contributed by atoms with van der Waals surface area (Å²) in [7, 11) is 0. The average Bonchev–Trinajstić information content (AvgIpc) is 2.36. The van der Waals surface area contributed by atoms with E-state index in [9.17, 15) is 9.18 Å². The van der Waals surface area contributed by atoms with Gasteiger partial charge in [-0.05, 0) is 53.2 Å². The molecule has 0 aliphatic carbocycles. The Morgan fingerprint density at radius 3 is 2.68 bits per heavy atom. The van der Waals surface area contributed by atoms with Crippen LogP contribution in [0.3, 0.4) is 0 Å². The molecule has 0 aliphatic heterocycles. The Kier molecular flexibility index (Phi) is 4.22. The molecule has 0 atom stereocenters. The van der Waals surface area contributed by atoms with Gasteiger partial charge in [-0.1, -0.05) is 23.2 Å². The predicted molar refractivity (Wildman–Crippen MR) is 78.2 cm³/mol. The molecule has 0 saturated carbocycles. The molecule has 1 amide bonds. The van der Waals surface area contributed by atoms with Gasteiger partial charge >= 0.3 is 0 Å². The largest absolute Gasteiger partial charge is 0.322 e. The first-order chi connectivity index (χ1) is 8.97. The Morgan fingerprint density at radius 1 is 1.26 bits per heavy atom. The number of carbonyl (C=O) groups is 1. The third-order valence-corrected chi connectivity index (χ3v) is 3.78. The summed E-state index contributed by atoms with van der Waals surface area (Å²) < 4.78 is 14.3. The fourth-order valence-electron chi connectivity index (χ4n) is 1.59. The summed E-state index contributed by atoms with van der Waals surface area (Å²) in [4.78, 5) is 12.0. The first-order valence-corrected chi connectivity index (χ1v) is 6.67. The van der Waals surface area contributed by atoms with Crippen LogP contribution >= 0.6 is 27.5 Å². The van der Waals surface area contributed by atoms with Crippen LogP contribution in [0.1, 0.15) is 15.9 Å². The molecule has 0 radical (unpaired) electrons. The highest BCUT2D eigenvalue weighted by molar-refractivity contribution is 9.10. The van der Waals surface area contributed by atoms with Crippen molar-refractivity contribution in [2.24, 2.45) is 0 Å². The van der Waals surface area contributed by atoms with Gasteiger partial charge in [0.15, 0.2) is 0 Å². The number of aryl methyl sites for hydroxylation is 1. The van der Waals surface area contributed by atoms with Gasteiger partial charge in [0.2, 0.25) is 0 Å². The summed E-state index contributed by atoms with van der Waals surface area (Å²) in [6.45, 7) is 1.80. The number of carbonyl (C=O) groups excluding carboxylic acids is 1. The molecule has 0 unspecified atom stereocenters. The molecule has 19 heavy (non-hydrogen) atoms. The van der Waals surface area contributed by atoms with Crippen LogP contribution in [0.4, 0.5) is 10.1 Å². The number of rotatable bonds is 2. The first kappa shape index (κ1) is 14.0. The number of hydrogen-bond acceptors (Lipinski definition) is 1. The maximum absolute atomic E-state index is 13.6. The molecule has 0 saturated heterocycles. The molecule has 2 nitrogen and oxygen atoms in total. The molecule has 0 aliphatic rings. The van der Waals surface area contributed by atoms with E-state index in [1.165, 1.54) is 12.1 Å². The van der Waals surface area contributed by atoms with Crippen LogP contribution in [0.5, 0.6) is 0 Å². The zero-order chi connectivity index (χ0) is 14.0. The molecule has 0 heterocycles. The van der Waals surface area contributed by atoms with Gasteiger partial charge in [0.1, 0.15) is 5.82 Å². The van der Waals surface area contributed by atoms with Crippen LogP contribution in [-0.4, -0.2) is 5.91 Å². The molecule has 5 heteroatoms. The van der Waals surface area contributed by atoms with E-state index >= 15 is 0 Å². The van der Waals surface area contributed by atoms with Gasteiger partial charge in [0.05, 0.1) is 10.6 Å². The minimum atomic E-state index is -0.550. The van der Waals surface area contributed by atoms with Crippen molar-refractivity contribution in [1.82, 2.24) is 0 Å². The molecule has 1 N–H and O–H groups in total. The summed E-state index contributed by atoms with van der Waals surface area (Å²) in [5.74, 6) is -1.05. The van der Waals surface area contributed by atoms with Gasteiger partial charge in [-0.25, -0.2) is 4.39 Å². The third kappa shape index (κ3) is 3.33. The molecule has 2 aromatic carbocycles. The van der Waals surface area contributed by atoms with E-state index in [2.05, 4.69) is 21.2 Å². The number of nitrogens with one attached hydrogen (secondary N) is 1. The molecule has 98 valence electrons. The predicted octanol–water partition coefficient (Wildman–Crippen LogP) is 4.80. The number of hydrogen-bond donors (Lipinski definition) is 1. The lowest BCUT2D eigenvalue weighted by Crippen LogP contribution is -2.14. The lowest BCUT2D eigenvalue weighted by Gasteiger charge is -2.08. The number of amides is 1. The van der Waals surface area contributed by atoms with Gasteiger partial charge < -0.3 is 5.32 Å². The maximum Gasteiger partial charge on any atom is 0.258 e. The summed E-state index contributed by atoms with van der Waals surface area (Å²) in [5.41, 5.74) is 1.35. The van der Waals surface area contributed by atoms with Crippen LogP contribution < -0.4 is 5.32 Å². The SMILES string of the molecule is Cc1ccc(F)c(C(=O)Nc2ccc(Br)c(Cl)c2)c1. The molecule has 0 fully saturated rings. The molecule has 0 spiro atoms. The second-order valence-corrected chi connectivity index (χ2v) is 5.33. The van der Waals surface area contributed by atoms with Gasteiger partial charge in [-0.15, -0.1) is 0 Å². The van der Waals surface area contributed by atoms with Gasteiger partial charge in [0, 0.05) is 10.2 Å². The lowest BCUT2D eigenvalue weighted by molar-refractivity contribution is 0.102. The van der Waals surface area contributed by atoms with E-state index in [0.717, 1.165) is 10.0 Å². The van der Waals surface area contributed by atoms with E-state index in [0.29, 0.717) is 10.7 Å². The van der Waals surface area contributed by atoms with Gasteiger partial charge in [-0.3, -0.25) is 4.79 Å². The first-order valence-electron chi connectivity index (χ1n) is 5.50. The molecule has 2 rings (SSSR count). The van der Waals surface area contributed by atoms with E-state index < -0.39 is 11.7 Å². The Morgan fingerprint density at radius 2 is 2.00 bits per heavy atom. The number of benzene rings is 2. The van der Waals surface area contributed by atoms with E-state index in [-0.39, 0.29) is 5.56 Å². The number of anilines is 1. The Hall–Kier alpha value is -1.39. The average molecular weight is 343 g/mol. The van der Waals surface area contributed by atoms with E-state index in [4.69, 9.17) is 11.6 Å². The maximum atomic E-state index is 13.6. The Bertz CT molecular complexity index is 645. The van der Waals surface area contributed by atoms with Crippen molar-refractivity contribution in [2.75, 3.05) is 5.32 Å². The second kappa shape index (κ2) is 5.72. The van der Waals surface area contributed by atoms with Crippen LogP contribution in [0.25, 0.3) is 0 Å². The van der Waals surface area contributed by atoms with Crippen molar-refractivity contribution in [2.45, 2.75) is 6.92 Å². The highest BCUT2D eigenvalue weighted by atomic mass is 79.9. The minimum absolute atomic E-state index is 0.0130. The van der Waals surface area contributed by atoms with Crippen LogP contribution in [0, 0.1) is 12.7 Å². The fourth-order valence-corrected chi connectivity index (χ4v) is 2.01. The molecular weight excluding hydrogens is 333 g/mol. The normalized spacial score (nSPS) is 10.3. The van der Waals surface area contributed by atoms with Crippen molar-refractivity contribution >= 4 is 39.1 Å². The van der Waals surface area contributed by atoms with Crippen molar-refractivity contribution < 1.29 is 9.18 Å². The zero-order valence-electron chi connectivity index (χ0n) is 10.0. The summed E-state index contributed by atoms with van der Waals surface area (Å²) in [5, 5.41) is 3.08. The summed E-state index contributed by atoms with van der Waals surface area (Å²) >= 11 is 9.18. The highest BCUT2D eigenvalue weighted by Gasteiger charge is 2.12. The molecule has 0 bridgehead atoms. The molecule has 0 aromatic heterocycles. The second-order valence-electron chi connectivity index (χ2n) is 4.07. The van der Waals surface area contributed by atoms with Crippen molar-refractivity contribution in [3.63, 3.8) is 0 Å². The highest BCUT2D eigenvalue weighted by Crippen LogP contribution is 2.26. The smallest absolute Gasteiger partial charge is 0.258 e. The Balaban J connectivity index is 2.25. The Labute approximate surface area is 123 Å². The van der Waals surface area contributed by atoms with Crippen molar-refractivity contribution in [3.05, 3.63) is 62.8 Å². The van der Waals surface area contributed by atoms with Crippen molar-refractivity contribution in [3.8, 4) is 0 Å². The fraction of sp³-hybridized carbons (Fsp3) is 0.0714. The minimum Gasteiger partial charge on any atom is -0.322 e. The van der Waals surface area contributed by atoms with Crippen LogP contribution in [0.2, 0.25) is 5.02 Å². The number of halogens is 3. The third-order valence-electron chi connectivity index (χ3n) is 2.54. The van der Waals surface area contributed by atoms with Crippen LogP contribution in [-0.2, 0) is 0 Å². The monoisotopic (exact) mass is 341 g/mol. The van der Waals surface area contributed by atoms with E-state index in [1.807, 2.05) is 0 Å². The molecule has 2 aromatic rings. The van der Waals surface area contributed by atoms with Crippen LogP contribution in [0.15, 0.2) is 40.9 Å². The summed E-state index contributed by atoms with van der Waals surface area (Å²) in [6.07, 6.45) is 0. The standard InChI is InChI=1S/C14H10BrClFNO/c1-8-2-5-13(17)10(6-8)14(19)18-9-3-4-11(15)12(16)7-9/h2-7H,1H3,(H,18,19). The quantitative estimate of drug-likeness (QED) is 0.834. The van der Waals surface area contributed by atoms with E-state index in [1.54, 1.807) is 31.2 Å². The lowest BCUT2D eigenvalue weighted by atomic mass is 10.1. The van der Waals surface area contributed by atoms with Gasteiger partial charge in [0.25, 0.3) is 5.91 Å².